The average Bonchev–Trinajstić information content (AvgIpc) is 3.17. The molecule has 1 saturated heterocycles. The van der Waals surface area contributed by atoms with Gasteiger partial charge in [0.15, 0.2) is 0 Å². The summed E-state index contributed by atoms with van der Waals surface area (Å²) in [4.78, 5) is 17.1. The second-order valence-corrected chi connectivity index (χ2v) is 6.53. The Hall–Kier alpha value is -2.67. The molecule has 1 aromatic carbocycles. The molecule has 0 radical (unpaired) electrons. The van der Waals surface area contributed by atoms with E-state index in [1.165, 1.54) is 24.6 Å². The van der Waals surface area contributed by atoms with E-state index in [9.17, 15) is 10.1 Å². The number of nitrogens with one attached hydrogen (secondary N) is 1. The predicted molar refractivity (Wildman–Crippen MR) is 101 cm³/mol. The van der Waals surface area contributed by atoms with Gasteiger partial charge in [0.25, 0.3) is 5.69 Å². The Balaban J connectivity index is 1.79. The van der Waals surface area contributed by atoms with Crippen LogP contribution in [0.3, 0.4) is 0 Å². The zero-order valence-corrected chi connectivity index (χ0v) is 15.1. The lowest BCUT2D eigenvalue weighted by atomic mass is 10.0. The van der Waals surface area contributed by atoms with Crippen LogP contribution in [0.4, 0.5) is 11.5 Å². The molecule has 1 atom stereocenters. The van der Waals surface area contributed by atoms with E-state index in [1.54, 1.807) is 13.2 Å². The molecule has 7 nitrogen and oxygen atoms in total. The Kier molecular flexibility index (Phi) is 5.68. The number of pyridine rings is 1. The Bertz CT molecular complexity index is 775. The lowest BCUT2D eigenvalue weighted by Crippen LogP contribution is -2.31. The molecule has 2 aromatic rings. The fourth-order valence-corrected chi connectivity index (χ4v) is 3.40. The number of nitrogens with zero attached hydrogens (tertiary/aromatic N) is 3. The van der Waals surface area contributed by atoms with Crippen molar-refractivity contribution >= 4 is 11.5 Å². The van der Waals surface area contributed by atoms with Crippen molar-refractivity contribution in [3.63, 3.8) is 0 Å². The monoisotopic (exact) mass is 356 g/mol. The van der Waals surface area contributed by atoms with Crippen LogP contribution < -0.4 is 10.1 Å². The molecule has 0 spiro atoms. The minimum Gasteiger partial charge on any atom is -0.497 e. The Morgan fingerprint density at radius 3 is 2.77 bits per heavy atom. The highest BCUT2D eigenvalue weighted by atomic mass is 16.6. The summed E-state index contributed by atoms with van der Waals surface area (Å²) in [6.07, 6.45) is 3.70. The third kappa shape index (κ3) is 4.11. The molecule has 1 aromatic heterocycles. The van der Waals surface area contributed by atoms with Gasteiger partial charge in [-0.1, -0.05) is 12.1 Å². The maximum atomic E-state index is 10.9. The first-order valence-corrected chi connectivity index (χ1v) is 8.81. The van der Waals surface area contributed by atoms with E-state index in [1.807, 2.05) is 19.1 Å². The summed E-state index contributed by atoms with van der Waals surface area (Å²) in [5.41, 5.74) is 1.97. The van der Waals surface area contributed by atoms with E-state index in [0.29, 0.717) is 12.4 Å². The number of ether oxygens (including phenoxy) is 1. The van der Waals surface area contributed by atoms with E-state index in [-0.39, 0.29) is 11.7 Å². The third-order valence-electron chi connectivity index (χ3n) is 4.80. The minimum absolute atomic E-state index is 0.0111. The molecule has 0 aliphatic carbocycles. The standard InChI is InChI=1S/C19H24N4O3/c1-14-10-16(23(24)25)12-20-19(14)21-13-18(22-8-3-4-9-22)15-6-5-7-17(11-15)26-2/h5-7,10-12,18H,3-4,8-9,13H2,1-2H3,(H,20,21). The zero-order chi connectivity index (χ0) is 18.5. The first-order chi connectivity index (χ1) is 12.6. The van der Waals surface area contributed by atoms with Crippen LogP contribution in [0.1, 0.15) is 30.0 Å². The van der Waals surface area contributed by atoms with Crippen molar-refractivity contribution in [3.05, 3.63) is 57.8 Å². The molecule has 2 heterocycles. The normalized spacial score (nSPS) is 15.6. The largest absolute Gasteiger partial charge is 0.497 e. The van der Waals surface area contributed by atoms with Gasteiger partial charge in [-0.15, -0.1) is 0 Å². The van der Waals surface area contributed by atoms with Gasteiger partial charge in [0.1, 0.15) is 17.8 Å². The van der Waals surface area contributed by atoms with Crippen molar-refractivity contribution < 1.29 is 9.66 Å². The molecule has 1 aliphatic rings. The summed E-state index contributed by atoms with van der Waals surface area (Å²) in [7, 11) is 1.67. The molecule has 0 saturated carbocycles. The van der Waals surface area contributed by atoms with Crippen LogP contribution in [0.25, 0.3) is 0 Å². The molecule has 1 aliphatic heterocycles. The summed E-state index contributed by atoms with van der Waals surface area (Å²) in [6.45, 7) is 4.64. The minimum atomic E-state index is -0.424. The number of anilines is 1. The van der Waals surface area contributed by atoms with Gasteiger partial charge in [-0.25, -0.2) is 4.98 Å². The van der Waals surface area contributed by atoms with E-state index < -0.39 is 4.92 Å². The molecule has 3 rings (SSSR count). The van der Waals surface area contributed by atoms with Crippen LogP contribution in [0.5, 0.6) is 5.75 Å². The maximum Gasteiger partial charge on any atom is 0.287 e. The van der Waals surface area contributed by atoms with Crippen molar-refractivity contribution in [3.8, 4) is 5.75 Å². The van der Waals surface area contributed by atoms with Crippen molar-refractivity contribution in [2.45, 2.75) is 25.8 Å². The van der Waals surface area contributed by atoms with Crippen molar-refractivity contribution in [1.82, 2.24) is 9.88 Å². The highest BCUT2D eigenvalue weighted by Crippen LogP contribution is 2.28. The molecular formula is C19H24N4O3. The zero-order valence-electron chi connectivity index (χ0n) is 15.1. The van der Waals surface area contributed by atoms with E-state index in [0.717, 1.165) is 24.4 Å². The lowest BCUT2D eigenvalue weighted by molar-refractivity contribution is -0.385. The summed E-state index contributed by atoms with van der Waals surface area (Å²) in [5.74, 6) is 1.53. The maximum absolute atomic E-state index is 10.9. The van der Waals surface area contributed by atoms with Crippen molar-refractivity contribution in [2.24, 2.45) is 0 Å². The fourth-order valence-electron chi connectivity index (χ4n) is 3.40. The van der Waals surface area contributed by atoms with Gasteiger partial charge in [0, 0.05) is 12.6 Å². The summed E-state index contributed by atoms with van der Waals surface area (Å²) in [5, 5.41) is 14.3. The van der Waals surface area contributed by atoms with Crippen LogP contribution >= 0.6 is 0 Å². The first kappa shape index (κ1) is 18.1. The third-order valence-corrected chi connectivity index (χ3v) is 4.80. The number of aromatic nitrogens is 1. The molecule has 0 bridgehead atoms. The molecular weight excluding hydrogens is 332 g/mol. The predicted octanol–water partition coefficient (Wildman–Crippen LogP) is 3.56. The molecule has 1 unspecified atom stereocenters. The first-order valence-electron chi connectivity index (χ1n) is 8.81. The number of hydrogen-bond acceptors (Lipinski definition) is 6. The SMILES string of the molecule is COc1cccc(C(CNc2ncc([N+](=O)[O-])cc2C)N2CCCC2)c1. The molecule has 1 fully saturated rings. The Labute approximate surface area is 153 Å². The van der Waals surface area contributed by atoms with E-state index >= 15 is 0 Å². The second-order valence-electron chi connectivity index (χ2n) is 6.53. The lowest BCUT2D eigenvalue weighted by Gasteiger charge is -2.29. The number of nitro groups is 1. The van der Waals surface area contributed by atoms with Gasteiger partial charge in [0.2, 0.25) is 0 Å². The summed E-state index contributed by atoms with van der Waals surface area (Å²) < 4.78 is 5.37. The number of methoxy groups -OCH3 is 1. The fraction of sp³-hybridized carbons (Fsp3) is 0.421. The Morgan fingerprint density at radius 2 is 2.12 bits per heavy atom. The van der Waals surface area contributed by atoms with Crippen LogP contribution in [0.2, 0.25) is 0 Å². The number of hydrogen-bond donors (Lipinski definition) is 1. The van der Waals surface area contributed by atoms with Crippen LogP contribution in [-0.4, -0.2) is 41.6 Å². The molecule has 0 amide bonds. The van der Waals surface area contributed by atoms with Crippen LogP contribution in [0, 0.1) is 17.0 Å². The second kappa shape index (κ2) is 8.14. The van der Waals surface area contributed by atoms with Crippen molar-refractivity contribution in [2.75, 3.05) is 32.1 Å². The quantitative estimate of drug-likeness (QED) is 0.603. The van der Waals surface area contributed by atoms with Gasteiger partial charge >= 0.3 is 0 Å². The van der Waals surface area contributed by atoms with Crippen LogP contribution in [0.15, 0.2) is 36.5 Å². The average molecular weight is 356 g/mol. The van der Waals surface area contributed by atoms with Gasteiger partial charge in [-0.2, -0.15) is 0 Å². The van der Waals surface area contributed by atoms with E-state index in [2.05, 4.69) is 27.3 Å². The molecule has 7 heteroatoms. The topological polar surface area (TPSA) is 80.5 Å². The molecule has 138 valence electrons. The number of benzene rings is 1. The Morgan fingerprint density at radius 1 is 1.35 bits per heavy atom. The van der Waals surface area contributed by atoms with E-state index in [4.69, 9.17) is 4.74 Å². The van der Waals surface area contributed by atoms with Crippen molar-refractivity contribution in [1.29, 1.82) is 0 Å². The van der Waals surface area contributed by atoms with Gasteiger partial charge in [0.05, 0.1) is 18.1 Å². The van der Waals surface area contributed by atoms with Gasteiger partial charge in [-0.05, 0) is 56.1 Å². The number of rotatable bonds is 7. The summed E-state index contributed by atoms with van der Waals surface area (Å²) >= 11 is 0. The number of likely N-dealkylation sites (tertiary alicyclic amines) is 1. The van der Waals surface area contributed by atoms with Gasteiger partial charge in [-0.3, -0.25) is 15.0 Å². The molecule has 26 heavy (non-hydrogen) atoms. The highest BCUT2D eigenvalue weighted by Gasteiger charge is 2.24. The number of aryl methyl sites for hydroxylation is 1. The van der Waals surface area contributed by atoms with Gasteiger partial charge < -0.3 is 10.1 Å². The summed E-state index contributed by atoms with van der Waals surface area (Å²) in [6, 6.07) is 9.88. The smallest absolute Gasteiger partial charge is 0.287 e. The highest BCUT2D eigenvalue weighted by molar-refractivity contribution is 5.48. The molecule has 1 N–H and O–H groups in total. The van der Waals surface area contributed by atoms with Crippen LogP contribution in [-0.2, 0) is 0 Å².